The fraction of sp³-hybridized carbons (Fsp3) is 0.500. The molecule has 1 radical (unpaired) electrons. The molecule has 1 aliphatic rings. The number of hydrogen-bond donors (Lipinski definition) is 0. The molecule has 1 aromatic carbocycles. The quantitative estimate of drug-likeness (QED) is 0.349. The molecule has 0 aromatic heterocycles. The van der Waals surface area contributed by atoms with Gasteiger partial charge in [-0.1, -0.05) is 44.7 Å². The van der Waals surface area contributed by atoms with Crippen LogP contribution < -0.4 is 0 Å². The Balaban J connectivity index is 1.75. The zero-order valence-corrected chi connectivity index (χ0v) is 15.5. The van der Waals surface area contributed by atoms with Crippen molar-refractivity contribution in [1.29, 1.82) is 0 Å². The lowest BCUT2D eigenvalue weighted by atomic mass is 9.98. The van der Waals surface area contributed by atoms with Crippen LogP contribution in [0.2, 0.25) is 0 Å². The zero-order valence-electron chi connectivity index (χ0n) is 15.5. The Morgan fingerprint density at radius 1 is 1.04 bits per heavy atom. The SMILES string of the molecule is [CH2]CCCCCOC(=O)c1ccc(/C=C/C(=O)OC2CCCCC2)cc1. The first kappa shape index (κ1) is 20.2. The summed E-state index contributed by atoms with van der Waals surface area (Å²) in [6, 6.07) is 7.02. The van der Waals surface area contributed by atoms with E-state index in [4.69, 9.17) is 9.47 Å². The predicted octanol–water partition coefficient (Wildman–Crippen LogP) is 5.13. The Labute approximate surface area is 156 Å². The van der Waals surface area contributed by atoms with E-state index in [0.717, 1.165) is 56.9 Å². The van der Waals surface area contributed by atoms with Crippen LogP contribution in [0.5, 0.6) is 0 Å². The average molecular weight is 357 g/mol. The van der Waals surface area contributed by atoms with Crippen LogP contribution in [0.1, 0.15) is 73.7 Å². The molecule has 0 heterocycles. The summed E-state index contributed by atoms with van der Waals surface area (Å²) in [4.78, 5) is 23.8. The molecule has 0 aliphatic heterocycles. The molecule has 1 aromatic rings. The van der Waals surface area contributed by atoms with Gasteiger partial charge in [0, 0.05) is 6.08 Å². The number of unbranched alkanes of at least 4 members (excludes halogenated alkanes) is 3. The molecule has 26 heavy (non-hydrogen) atoms. The fourth-order valence-electron chi connectivity index (χ4n) is 2.98. The highest BCUT2D eigenvalue weighted by Crippen LogP contribution is 2.20. The molecule has 1 saturated carbocycles. The summed E-state index contributed by atoms with van der Waals surface area (Å²) in [6.07, 6.45) is 12.5. The van der Waals surface area contributed by atoms with E-state index in [9.17, 15) is 9.59 Å². The molecule has 4 nitrogen and oxygen atoms in total. The summed E-state index contributed by atoms with van der Waals surface area (Å²) in [5, 5.41) is 0. The number of carbonyl (C=O) groups is 2. The Bertz CT molecular complexity index is 583. The van der Waals surface area contributed by atoms with Crippen molar-refractivity contribution >= 4 is 18.0 Å². The Morgan fingerprint density at radius 2 is 1.77 bits per heavy atom. The maximum absolute atomic E-state index is 11.9. The van der Waals surface area contributed by atoms with Crippen LogP contribution in [0.4, 0.5) is 0 Å². The van der Waals surface area contributed by atoms with Crippen molar-refractivity contribution in [1.82, 2.24) is 0 Å². The van der Waals surface area contributed by atoms with E-state index in [0.29, 0.717) is 12.2 Å². The summed E-state index contributed by atoms with van der Waals surface area (Å²) in [5.74, 6) is -0.616. The molecule has 0 saturated heterocycles. The smallest absolute Gasteiger partial charge is 0.338 e. The molecule has 141 valence electrons. The maximum atomic E-state index is 11.9. The zero-order chi connectivity index (χ0) is 18.6. The van der Waals surface area contributed by atoms with Gasteiger partial charge in [0.05, 0.1) is 12.2 Å². The first-order valence-electron chi connectivity index (χ1n) is 9.64. The number of rotatable bonds is 9. The Morgan fingerprint density at radius 3 is 2.46 bits per heavy atom. The molecule has 0 spiro atoms. The molecule has 4 heteroatoms. The third-order valence-electron chi connectivity index (χ3n) is 4.52. The number of hydrogen-bond acceptors (Lipinski definition) is 4. The number of esters is 2. The summed E-state index contributed by atoms with van der Waals surface area (Å²) in [5.41, 5.74) is 1.36. The largest absolute Gasteiger partial charge is 0.462 e. The summed E-state index contributed by atoms with van der Waals surface area (Å²) in [7, 11) is 0. The molecule has 1 fully saturated rings. The van der Waals surface area contributed by atoms with Crippen LogP contribution >= 0.6 is 0 Å². The molecular weight excluding hydrogens is 328 g/mol. The first-order chi connectivity index (χ1) is 12.7. The molecule has 1 aliphatic carbocycles. The summed E-state index contributed by atoms with van der Waals surface area (Å²) < 4.78 is 10.7. The van der Waals surface area contributed by atoms with Gasteiger partial charge in [0.1, 0.15) is 6.10 Å². The molecule has 0 atom stereocenters. The molecule has 0 N–H and O–H groups in total. The number of ether oxygens (including phenoxy) is 2. The molecular formula is C22H29O4. The van der Waals surface area contributed by atoms with E-state index in [1.807, 2.05) is 0 Å². The van der Waals surface area contributed by atoms with Crippen LogP contribution in [-0.4, -0.2) is 24.6 Å². The lowest BCUT2D eigenvalue weighted by molar-refractivity contribution is -0.144. The van der Waals surface area contributed by atoms with Crippen molar-refractivity contribution in [2.24, 2.45) is 0 Å². The Hall–Kier alpha value is -2.10. The molecule has 0 bridgehead atoms. The van der Waals surface area contributed by atoms with Crippen molar-refractivity contribution < 1.29 is 19.1 Å². The molecule has 0 unspecified atom stereocenters. The Kier molecular flexibility index (Phi) is 8.94. The standard InChI is InChI=1S/C22H29O4/c1-2-3-4-8-17-25-22(24)19-14-11-18(12-15-19)13-16-21(23)26-20-9-6-5-7-10-20/h11-16,20H,1-10,17H2/b16-13+. The average Bonchev–Trinajstić information content (AvgIpc) is 2.67. The summed E-state index contributed by atoms with van der Waals surface area (Å²) >= 11 is 0. The minimum atomic E-state index is -0.313. The van der Waals surface area contributed by atoms with Crippen LogP contribution in [0, 0.1) is 6.92 Å². The van der Waals surface area contributed by atoms with Gasteiger partial charge in [0.15, 0.2) is 0 Å². The predicted molar refractivity (Wildman–Crippen MR) is 103 cm³/mol. The van der Waals surface area contributed by atoms with Gasteiger partial charge in [-0.3, -0.25) is 0 Å². The number of carbonyl (C=O) groups excluding carboxylic acids is 2. The fourth-order valence-corrected chi connectivity index (χ4v) is 2.98. The van der Waals surface area contributed by atoms with Crippen LogP contribution in [0.3, 0.4) is 0 Å². The van der Waals surface area contributed by atoms with Gasteiger partial charge in [0.2, 0.25) is 0 Å². The highest BCUT2D eigenvalue weighted by Gasteiger charge is 2.16. The van der Waals surface area contributed by atoms with Crippen molar-refractivity contribution in [3.05, 3.63) is 48.4 Å². The van der Waals surface area contributed by atoms with Crippen molar-refractivity contribution in [2.45, 2.75) is 63.9 Å². The van der Waals surface area contributed by atoms with Gasteiger partial charge >= 0.3 is 11.9 Å². The number of benzene rings is 1. The second kappa shape index (κ2) is 11.5. The third kappa shape index (κ3) is 7.42. The lowest BCUT2D eigenvalue weighted by Gasteiger charge is -2.20. The van der Waals surface area contributed by atoms with Gasteiger partial charge < -0.3 is 9.47 Å². The second-order valence-corrected chi connectivity index (χ2v) is 6.70. The minimum absolute atomic E-state index is 0.0617. The molecule has 2 rings (SSSR count). The molecule has 0 amide bonds. The lowest BCUT2D eigenvalue weighted by Crippen LogP contribution is -2.19. The van der Waals surface area contributed by atoms with Gasteiger partial charge in [0.25, 0.3) is 0 Å². The van der Waals surface area contributed by atoms with E-state index in [1.165, 1.54) is 12.5 Å². The highest BCUT2D eigenvalue weighted by atomic mass is 16.5. The third-order valence-corrected chi connectivity index (χ3v) is 4.52. The normalized spacial score (nSPS) is 15.1. The van der Waals surface area contributed by atoms with E-state index in [-0.39, 0.29) is 18.0 Å². The van der Waals surface area contributed by atoms with Gasteiger partial charge in [-0.05, 0) is 55.9 Å². The van der Waals surface area contributed by atoms with Crippen LogP contribution in [-0.2, 0) is 14.3 Å². The van der Waals surface area contributed by atoms with Gasteiger partial charge in [-0.15, -0.1) is 0 Å². The second-order valence-electron chi connectivity index (χ2n) is 6.70. The first-order valence-corrected chi connectivity index (χ1v) is 9.64. The van der Waals surface area contributed by atoms with E-state index < -0.39 is 0 Å². The van der Waals surface area contributed by atoms with Gasteiger partial charge in [-0.2, -0.15) is 0 Å². The monoisotopic (exact) mass is 357 g/mol. The van der Waals surface area contributed by atoms with E-state index in [1.54, 1.807) is 30.3 Å². The van der Waals surface area contributed by atoms with Crippen molar-refractivity contribution in [3.8, 4) is 0 Å². The minimum Gasteiger partial charge on any atom is -0.462 e. The maximum Gasteiger partial charge on any atom is 0.338 e. The van der Waals surface area contributed by atoms with Gasteiger partial charge in [-0.25, -0.2) is 9.59 Å². The topological polar surface area (TPSA) is 52.6 Å². The van der Waals surface area contributed by atoms with E-state index in [2.05, 4.69) is 6.92 Å². The van der Waals surface area contributed by atoms with E-state index >= 15 is 0 Å². The highest BCUT2D eigenvalue weighted by molar-refractivity contribution is 5.90. The van der Waals surface area contributed by atoms with Crippen molar-refractivity contribution in [3.63, 3.8) is 0 Å². The van der Waals surface area contributed by atoms with Crippen molar-refractivity contribution in [2.75, 3.05) is 6.61 Å². The summed E-state index contributed by atoms with van der Waals surface area (Å²) in [6.45, 7) is 4.23. The van der Waals surface area contributed by atoms with Crippen LogP contribution in [0.25, 0.3) is 6.08 Å². The van der Waals surface area contributed by atoms with Crippen LogP contribution in [0.15, 0.2) is 30.3 Å².